The van der Waals surface area contributed by atoms with Crippen LogP contribution >= 0.6 is 0 Å². The average Bonchev–Trinajstić information content (AvgIpc) is 3.25. The molecule has 0 aliphatic heterocycles. The third-order valence-electron chi connectivity index (χ3n) is 4.46. The Morgan fingerprint density at radius 1 is 0.839 bits per heavy atom. The topological polar surface area (TPSA) is 88.4 Å². The molecule has 3 aromatic carbocycles. The number of hydrogen-bond donors (Lipinski definition) is 2. The van der Waals surface area contributed by atoms with Gasteiger partial charge in [0.25, 0.3) is 15.9 Å². The SMILES string of the molecule is O=C(Nc1ccc(S(=O)(=O)Nc2cccc(F)c2)cc1)c1occc1-c1ccccc1. The van der Waals surface area contributed by atoms with Crippen molar-refractivity contribution in [3.8, 4) is 11.1 Å². The number of amides is 1. The summed E-state index contributed by atoms with van der Waals surface area (Å²) in [5, 5.41) is 2.69. The summed E-state index contributed by atoms with van der Waals surface area (Å²) in [5.74, 6) is -0.862. The van der Waals surface area contributed by atoms with Crippen molar-refractivity contribution in [2.45, 2.75) is 4.90 Å². The van der Waals surface area contributed by atoms with Crippen LogP contribution in [0.4, 0.5) is 15.8 Å². The lowest BCUT2D eigenvalue weighted by Gasteiger charge is -2.10. The predicted octanol–water partition coefficient (Wildman–Crippen LogP) is 5.14. The van der Waals surface area contributed by atoms with E-state index in [1.165, 1.54) is 48.7 Å². The summed E-state index contributed by atoms with van der Waals surface area (Å²) < 4.78 is 46.0. The average molecular weight is 436 g/mol. The fourth-order valence-corrected chi connectivity index (χ4v) is 4.05. The molecule has 0 atom stereocenters. The zero-order chi connectivity index (χ0) is 21.8. The van der Waals surface area contributed by atoms with Crippen molar-refractivity contribution in [2.75, 3.05) is 10.0 Å². The maximum absolute atomic E-state index is 13.3. The van der Waals surface area contributed by atoms with Crippen molar-refractivity contribution < 1.29 is 22.0 Å². The van der Waals surface area contributed by atoms with Crippen molar-refractivity contribution in [1.29, 1.82) is 0 Å². The van der Waals surface area contributed by atoms with Gasteiger partial charge in [-0.15, -0.1) is 0 Å². The molecule has 1 amide bonds. The number of carbonyl (C=O) groups excluding carboxylic acids is 1. The molecular formula is C23H17FN2O4S. The molecule has 1 heterocycles. The van der Waals surface area contributed by atoms with Crippen LogP contribution in [0.1, 0.15) is 10.6 Å². The van der Waals surface area contributed by atoms with Gasteiger partial charge in [0.2, 0.25) is 0 Å². The van der Waals surface area contributed by atoms with Gasteiger partial charge in [0.15, 0.2) is 5.76 Å². The first-order valence-corrected chi connectivity index (χ1v) is 10.7. The van der Waals surface area contributed by atoms with Gasteiger partial charge in [-0.1, -0.05) is 36.4 Å². The molecule has 8 heteroatoms. The number of hydrogen-bond acceptors (Lipinski definition) is 4. The lowest BCUT2D eigenvalue weighted by molar-refractivity contribution is 0.0997. The normalized spacial score (nSPS) is 11.1. The molecule has 0 aliphatic rings. The van der Waals surface area contributed by atoms with Crippen LogP contribution in [0.3, 0.4) is 0 Å². The Morgan fingerprint density at radius 2 is 1.58 bits per heavy atom. The molecule has 1 aromatic heterocycles. The van der Waals surface area contributed by atoms with E-state index in [0.29, 0.717) is 11.3 Å². The van der Waals surface area contributed by atoms with Crippen LogP contribution in [0, 0.1) is 5.82 Å². The minimum Gasteiger partial charge on any atom is -0.459 e. The van der Waals surface area contributed by atoms with Crippen LogP contribution in [-0.4, -0.2) is 14.3 Å². The standard InChI is InChI=1S/C23H17FN2O4S/c24-17-7-4-8-19(15-17)26-31(28,29)20-11-9-18(10-12-20)25-23(27)22-21(13-14-30-22)16-5-2-1-3-6-16/h1-15,26H,(H,25,27). The zero-order valence-corrected chi connectivity index (χ0v) is 16.9. The Hall–Kier alpha value is -3.91. The molecule has 6 nitrogen and oxygen atoms in total. The summed E-state index contributed by atoms with van der Waals surface area (Å²) >= 11 is 0. The van der Waals surface area contributed by atoms with Crippen molar-refractivity contribution in [3.05, 3.63) is 103 Å². The fraction of sp³-hybridized carbons (Fsp3) is 0. The van der Waals surface area contributed by atoms with Gasteiger partial charge in [-0.2, -0.15) is 0 Å². The molecule has 156 valence electrons. The molecule has 0 saturated heterocycles. The summed E-state index contributed by atoms with van der Waals surface area (Å²) in [7, 11) is -3.91. The smallest absolute Gasteiger partial charge is 0.292 e. The number of sulfonamides is 1. The molecule has 0 aliphatic carbocycles. The second kappa shape index (κ2) is 8.45. The molecule has 4 aromatic rings. The molecule has 31 heavy (non-hydrogen) atoms. The van der Waals surface area contributed by atoms with Gasteiger partial charge in [0, 0.05) is 11.3 Å². The molecule has 0 unspecified atom stereocenters. The lowest BCUT2D eigenvalue weighted by Crippen LogP contribution is -2.14. The summed E-state index contributed by atoms with van der Waals surface area (Å²) in [5.41, 5.74) is 2.00. The first kappa shape index (κ1) is 20.4. The number of anilines is 2. The van der Waals surface area contributed by atoms with Crippen molar-refractivity contribution in [3.63, 3.8) is 0 Å². The van der Waals surface area contributed by atoms with Crippen molar-refractivity contribution >= 4 is 27.3 Å². The quantitative estimate of drug-likeness (QED) is 0.438. The van der Waals surface area contributed by atoms with Gasteiger partial charge in [-0.05, 0) is 54.1 Å². The highest BCUT2D eigenvalue weighted by atomic mass is 32.2. The molecule has 2 N–H and O–H groups in total. The summed E-state index contributed by atoms with van der Waals surface area (Å²) in [6, 6.07) is 21.8. The number of furan rings is 1. The van der Waals surface area contributed by atoms with E-state index < -0.39 is 21.7 Å². The third kappa shape index (κ3) is 4.65. The second-order valence-corrected chi connectivity index (χ2v) is 8.31. The first-order valence-electron chi connectivity index (χ1n) is 9.25. The Balaban J connectivity index is 1.49. The van der Waals surface area contributed by atoms with Gasteiger partial charge in [0.1, 0.15) is 5.82 Å². The highest BCUT2D eigenvalue weighted by Crippen LogP contribution is 2.26. The molecule has 0 spiro atoms. The molecule has 0 saturated carbocycles. The van der Waals surface area contributed by atoms with E-state index in [1.807, 2.05) is 30.3 Å². The number of benzene rings is 3. The molecule has 0 radical (unpaired) electrons. The van der Waals surface area contributed by atoms with Crippen LogP contribution in [0.15, 0.2) is 101 Å². The van der Waals surface area contributed by atoms with E-state index in [1.54, 1.807) is 6.07 Å². The van der Waals surface area contributed by atoms with E-state index in [-0.39, 0.29) is 16.3 Å². The minimum atomic E-state index is -3.91. The van der Waals surface area contributed by atoms with Crippen LogP contribution < -0.4 is 10.0 Å². The largest absolute Gasteiger partial charge is 0.459 e. The highest BCUT2D eigenvalue weighted by molar-refractivity contribution is 7.92. The van der Waals surface area contributed by atoms with E-state index in [9.17, 15) is 17.6 Å². The fourth-order valence-electron chi connectivity index (χ4n) is 3.00. The summed E-state index contributed by atoms with van der Waals surface area (Å²) in [6.45, 7) is 0. The van der Waals surface area contributed by atoms with Gasteiger partial charge in [-0.3, -0.25) is 9.52 Å². The molecular weight excluding hydrogens is 419 g/mol. The zero-order valence-electron chi connectivity index (χ0n) is 16.1. The van der Waals surface area contributed by atoms with Crippen LogP contribution in [0.25, 0.3) is 11.1 Å². The summed E-state index contributed by atoms with van der Waals surface area (Å²) in [6.07, 6.45) is 1.44. The molecule has 0 fully saturated rings. The minimum absolute atomic E-state index is 0.0299. The predicted molar refractivity (Wildman–Crippen MR) is 116 cm³/mol. The maximum atomic E-state index is 13.3. The number of halogens is 1. The van der Waals surface area contributed by atoms with E-state index >= 15 is 0 Å². The lowest BCUT2D eigenvalue weighted by atomic mass is 10.1. The Bertz CT molecular complexity index is 1320. The third-order valence-corrected chi connectivity index (χ3v) is 5.85. The van der Waals surface area contributed by atoms with Crippen molar-refractivity contribution in [2.24, 2.45) is 0 Å². The maximum Gasteiger partial charge on any atom is 0.292 e. The Kier molecular flexibility index (Phi) is 5.55. The second-order valence-electron chi connectivity index (χ2n) is 6.62. The Labute approximate surface area is 178 Å². The monoisotopic (exact) mass is 436 g/mol. The molecule has 0 bridgehead atoms. The highest BCUT2D eigenvalue weighted by Gasteiger charge is 2.18. The summed E-state index contributed by atoms with van der Waals surface area (Å²) in [4.78, 5) is 12.6. The van der Waals surface area contributed by atoms with Gasteiger partial charge < -0.3 is 9.73 Å². The first-order chi connectivity index (χ1) is 14.9. The van der Waals surface area contributed by atoms with E-state index in [0.717, 1.165) is 11.6 Å². The van der Waals surface area contributed by atoms with Gasteiger partial charge in [0.05, 0.1) is 16.8 Å². The van der Waals surface area contributed by atoms with Crippen LogP contribution in [0.5, 0.6) is 0 Å². The van der Waals surface area contributed by atoms with Crippen LogP contribution in [0.2, 0.25) is 0 Å². The van der Waals surface area contributed by atoms with E-state index in [4.69, 9.17) is 4.42 Å². The van der Waals surface area contributed by atoms with E-state index in [2.05, 4.69) is 10.0 Å². The number of rotatable bonds is 6. The van der Waals surface area contributed by atoms with Gasteiger partial charge in [-0.25, -0.2) is 12.8 Å². The van der Waals surface area contributed by atoms with Gasteiger partial charge >= 0.3 is 0 Å². The van der Waals surface area contributed by atoms with Crippen molar-refractivity contribution in [1.82, 2.24) is 0 Å². The number of nitrogens with one attached hydrogen (secondary N) is 2. The van der Waals surface area contributed by atoms with Crippen LogP contribution in [-0.2, 0) is 10.0 Å². The molecule has 4 rings (SSSR count). The number of carbonyl (C=O) groups is 1. The Morgan fingerprint density at radius 3 is 2.29 bits per heavy atom.